The highest BCUT2D eigenvalue weighted by atomic mass is 19.3. The van der Waals surface area contributed by atoms with E-state index >= 15 is 0 Å². The minimum atomic E-state index is -3.14. The summed E-state index contributed by atoms with van der Waals surface area (Å²) in [7, 11) is 0. The Hall–Kier alpha value is -1.16. The minimum Gasteiger partial charge on any atom is -0.433 e. The monoisotopic (exact) mass is 201 g/mol. The summed E-state index contributed by atoms with van der Waals surface area (Å²) in [5, 5.41) is 0. The summed E-state index contributed by atoms with van der Waals surface area (Å²) >= 11 is 0. The maximum absolute atomic E-state index is 12.4. The molecule has 4 heteroatoms. The standard InChI is InChI=1S/C10H13F2NO/c1-7(13)8-3-5-9(6-4-8)14-10(2,11)12/h3-7H,13H2,1-2H3. The lowest BCUT2D eigenvalue weighted by molar-refractivity contribution is -0.158. The van der Waals surface area contributed by atoms with Gasteiger partial charge in [0.2, 0.25) is 0 Å². The first kappa shape index (κ1) is 10.9. The molecule has 1 aromatic rings. The normalized spacial score (nSPS) is 13.8. The van der Waals surface area contributed by atoms with Gasteiger partial charge in [-0.3, -0.25) is 0 Å². The zero-order valence-corrected chi connectivity index (χ0v) is 8.13. The largest absolute Gasteiger partial charge is 0.433 e. The van der Waals surface area contributed by atoms with Crippen molar-refractivity contribution in [3.05, 3.63) is 29.8 Å². The SMILES string of the molecule is CC(N)c1ccc(OC(C)(F)F)cc1. The van der Waals surface area contributed by atoms with Crippen molar-refractivity contribution in [2.75, 3.05) is 0 Å². The first-order valence-corrected chi connectivity index (χ1v) is 4.31. The predicted molar refractivity (Wildman–Crippen MR) is 50.3 cm³/mol. The van der Waals surface area contributed by atoms with Crippen molar-refractivity contribution < 1.29 is 13.5 Å². The fraction of sp³-hybridized carbons (Fsp3) is 0.400. The van der Waals surface area contributed by atoms with E-state index in [0.29, 0.717) is 6.92 Å². The smallest absolute Gasteiger partial charge is 0.394 e. The number of halogens is 2. The van der Waals surface area contributed by atoms with Crippen LogP contribution in [0.4, 0.5) is 8.78 Å². The van der Waals surface area contributed by atoms with Crippen LogP contribution in [0.2, 0.25) is 0 Å². The van der Waals surface area contributed by atoms with Crippen LogP contribution in [0, 0.1) is 0 Å². The van der Waals surface area contributed by atoms with E-state index in [0.717, 1.165) is 5.56 Å². The molecule has 0 aromatic heterocycles. The highest BCUT2D eigenvalue weighted by Gasteiger charge is 2.22. The molecule has 0 bridgehead atoms. The molecule has 1 unspecified atom stereocenters. The number of alkyl halides is 2. The summed E-state index contributed by atoms with van der Waals surface area (Å²) in [6.45, 7) is 2.52. The van der Waals surface area contributed by atoms with E-state index in [2.05, 4.69) is 4.74 Å². The van der Waals surface area contributed by atoms with Crippen molar-refractivity contribution in [1.82, 2.24) is 0 Å². The Morgan fingerprint density at radius 1 is 1.29 bits per heavy atom. The van der Waals surface area contributed by atoms with Gasteiger partial charge in [0.25, 0.3) is 0 Å². The van der Waals surface area contributed by atoms with E-state index in [1.165, 1.54) is 12.1 Å². The lowest BCUT2D eigenvalue weighted by atomic mass is 10.1. The molecule has 1 rings (SSSR count). The quantitative estimate of drug-likeness (QED) is 0.816. The van der Waals surface area contributed by atoms with Crippen LogP contribution in [0.15, 0.2) is 24.3 Å². The molecule has 0 amide bonds. The van der Waals surface area contributed by atoms with Crippen molar-refractivity contribution in [2.45, 2.75) is 26.0 Å². The molecule has 1 atom stereocenters. The van der Waals surface area contributed by atoms with Crippen LogP contribution in [-0.2, 0) is 0 Å². The molecule has 1 aromatic carbocycles. The third kappa shape index (κ3) is 3.30. The van der Waals surface area contributed by atoms with Gasteiger partial charge in [-0.2, -0.15) is 8.78 Å². The second-order valence-corrected chi connectivity index (χ2v) is 3.27. The van der Waals surface area contributed by atoms with E-state index in [-0.39, 0.29) is 11.8 Å². The molecule has 0 radical (unpaired) electrons. The fourth-order valence-corrected chi connectivity index (χ4v) is 1.05. The molecule has 78 valence electrons. The van der Waals surface area contributed by atoms with Gasteiger partial charge in [-0.05, 0) is 24.6 Å². The zero-order chi connectivity index (χ0) is 10.8. The number of rotatable bonds is 3. The molecule has 0 saturated carbocycles. The first-order valence-electron chi connectivity index (χ1n) is 4.31. The molecule has 0 aliphatic carbocycles. The number of benzene rings is 1. The molecule has 14 heavy (non-hydrogen) atoms. The lowest BCUT2D eigenvalue weighted by Crippen LogP contribution is -2.19. The van der Waals surface area contributed by atoms with E-state index in [4.69, 9.17) is 5.73 Å². The fourth-order valence-electron chi connectivity index (χ4n) is 1.05. The molecule has 2 N–H and O–H groups in total. The Balaban J connectivity index is 2.74. The van der Waals surface area contributed by atoms with Crippen LogP contribution in [0.5, 0.6) is 5.75 Å². The Labute approximate surface area is 81.7 Å². The number of nitrogens with two attached hydrogens (primary N) is 1. The van der Waals surface area contributed by atoms with E-state index in [1.807, 2.05) is 6.92 Å². The molecular formula is C10H13F2NO. The van der Waals surface area contributed by atoms with Crippen molar-refractivity contribution in [3.63, 3.8) is 0 Å². The van der Waals surface area contributed by atoms with E-state index in [9.17, 15) is 8.78 Å². The van der Waals surface area contributed by atoms with Crippen LogP contribution in [0.1, 0.15) is 25.5 Å². The van der Waals surface area contributed by atoms with Gasteiger partial charge >= 0.3 is 6.11 Å². The summed E-state index contributed by atoms with van der Waals surface area (Å²) in [6, 6.07) is 6.20. The summed E-state index contributed by atoms with van der Waals surface area (Å²) < 4.78 is 29.2. The van der Waals surface area contributed by atoms with Crippen LogP contribution in [0.3, 0.4) is 0 Å². The lowest BCUT2D eigenvalue weighted by Gasteiger charge is -2.13. The van der Waals surface area contributed by atoms with Gasteiger partial charge in [0, 0.05) is 13.0 Å². The number of ether oxygens (including phenoxy) is 1. The molecule has 0 aliphatic heterocycles. The highest BCUT2D eigenvalue weighted by molar-refractivity contribution is 5.28. The summed E-state index contributed by atoms with van der Waals surface area (Å²) in [6.07, 6.45) is -3.14. The van der Waals surface area contributed by atoms with Crippen LogP contribution in [-0.4, -0.2) is 6.11 Å². The Kier molecular flexibility index (Phi) is 3.06. The zero-order valence-electron chi connectivity index (χ0n) is 8.13. The highest BCUT2D eigenvalue weighted by Crippen LogP contribution is 2.22. The number of hydrogen-bond acceptors (Lipinski definition) is 2. The molecule has 2 nitrogen and oxygen atoms in total. The second kappa shape index (κ2) is 3.92. The Bertz CT molecular complexity index is 290. The molecule has 0 fully saturated rings. The minimum absolute atomic E-state index is 0.105. The second-order valence-electron chi connectivity index (χ2n) is 3.27. The molecule has 0 aliphatic rings. The van der Waals surface area contributed by atoms with E-state index < -0.39 is 6.11 Å². The van der Waals surface area contributed by atoms with Crippen molar-refractivity contribution in [2.24, 2.45) is 5.73 Å². The summed E-state index contributed by atoms with van der Waals surface area (Å²) in [5.74, 6) is 0.141. The van der Waals surface area contributed by atoms with Gasteiger partial charge in [0.1, 0.15) is 5.75 Å². The van der Waals surface area contributed by atoms with Crippen molar-refractivity contribution >= 4 is 0 Å². The average molecular weight is 201 g/mol. The molecule has 0 saturated heterocycles. The van der Waals surface area contributed by atoms with Gasteiger partial charge in [0.15, 0.2) is 0 Å². The third-order valence-corrected chi connectivity index (χ3v) is 1.70. The maximum Gasteiger partial charge on any atom is 0.394 e. The molecule has 0 heterocycles. The van der Waals surface area contributed by atoms with Gasteiger partial charge in [0.05, 0.1) is 0 Å². The maximum atomic E-state index is 12.4. The third-order valence-electron chi connectivity index (χ3n) is 1.70. The summed E-state index contributed by atoms with van der Waals surface area (Å²) in [5.41, 5.74) is 6.49. The van der Waals surface area contributed by atoms with Gasteiger partial charge in [-0.1, -0.05) is 12.1 Å². The molecule has 0 spiro atoms. The van der Waals surface area contributed by atoms with Crippen molar-refractivity contribution in [3.8, 4) is 5.75 Å². The first-order chi connectivity index (χ1) is 6.38. The Morgan fingerprint density at radius 2 is 1.79 bits per heavy atom. The van der Waals surface area contributed by atoms with Gasteiger partial charge < -0.3 is 10.5 Å². The molecular weight excluding hydrogens is 188 g/mol. The van der Waals surface area contributed by atoms with Gasteiger partial charge in [-0.25, -0.2) is 0 Å². The van der Waals surface area contributed by atoms with E-state index in [1.54, 1.807) is 12.1 Å². The van der Waals surface area contributed by atoms with Crippen LogP contribution < -0.4 is 10.5 Å². The average Bonchev–Trinajstić information content (AvgIpc) is 2.02. The Morgan fingerprint density at radius 3 is 2.14 bits per heavy atom. The van der Waals surface area contributed by atoms with Crippen LogP contribution in [0.25, 0.3) is 0 Å². The summed E-state index contributed by atoms with van der Waals surface area (Å²) in [4.78, 5) is 0. The van der Waals surface area contributed by atoms with Crippen LogP contribution >= 0.6 is 0 Å². The van der Waals surface area contributed by atoms with Crippen molar-refractivity contribution in [1.29, 1.82) is 0 Å². The predicted octanol–water partition coefficient (Wildman–Crippen LogP) is 2.70. The van der Waals surface area contributed by atoms with Gasteiger partial charge in [-0.15, -0.1) is 0 Å². The topological polar surface area (TPSA) is 35.2 Å². The number of hydrogen-bond donors (Lipinski definition) is 1.